The van der Waals surface area contributed by atoms with Crippen LogP contribution in [0.3, 0.4) is 0 Å². The molecule has 7 nitrogen and oxygen atoms in total. The van der Waals surface area contributed by atoms with Gasteiger partial charge in [0.05, 0.1) is 35.5 Å². The number of pyridine rings is 1. The van der Waals surface area contributed by atoms with E-state index in [0.717, 1.165) is 22.7 Å². The van der Waals surface area contributed by atoms with Crippen molar-refractivity contribution >= 4 is 40.4 Å². The number of aromatic nitrogens is 4. The lowest BCUT2D eigenvalue weighted by molar-refractivity contribution is -0.116. The Morgan fingerprint density at radius 3 is 2.41 bits per heavy atom. The molecule has 1 aliphatic rings. The Kier molecular flexibility index (Phi) is 5.27. The number of imidazole rings is 1. The maximum absolute atomic E-state index is 12.8. The summed E-state index contributed by atoms with van der Waals surface area (Å²) in [6, 6.07) is 22.6. The largest absolute Gasteiger partial charge is 0.339 e. The highest BCUT2D eigenvalue weighted by atomic mass is 32.2. The van der Waals surface area contributed by atoms with Crippen LogP contribution in [0.5, 0.6) is 0 Å². The highest BCUT2D eigenvalue weighted by Gasteiger charge is 2.23. The minimum atomic E-state index is -0.0412. The predicted octanol–water partition coefficient (Wildman–Crippen LogP) is 5.21. The average Bonchev–Trinajstić information content (AvgIpc) is 3.47. The molecule has 2 aromatic carbocycles. The topological polar surface area (TPSA) is 67.5 Å². The van der Waals surface area contributed by atoms with Gasteiger partial charge in [0.15, 0.2) is 0 Å². The fraction of sp³-hybridized carbons (Fsp3) is 0.115. The molecule has 1 amide bonds. The zero-order chi connectivity index (χ0) is 22.9. The van der Waals surface area contributed by atoms with Crippen LogP contribution in [0.1, 0.15) is 12.1 Å². The van der Waals surface area contributed by atoms with Gasteiger partial charge in [0.25, 0.3) is 0 Å². The van der Waals surface area contributed by atoms with Gasteiger partial charge < -0.3 is 14.6 Å². The third-order valence-electron chi connectivity index (χ3n) is 5.75. The third kappa shape index (κ3) is 4.04. The van der Waals surface area contributed by atoms with Gasteiger partial charge in [-0.05, 0) is 36.4 Å². The van der Waals surface area contributed by atoms with Crippen LogP contribution in [-0.2, 0) is 11.3 Å². The van der Waals surface area contributed by atoms with E-state index in [1.807, 2.05) is 53.3 Å². The molecular weight excluding hydrogens is 444 g/mol. The van der Waals surface area contributed by atoms with Gasteiger partial charge in [-0.3, -0.25) is 9.48 Å². The second-order valence-corrected chi connectivity index (χ2v) is 9.20. The Hall–Kier alpha value is -4.04. The van der Waals surface area contributed by atoms with E-state index in [0.29, 0.717) is 25.2 Å². The SMILES string of the molecule is O=C(CCN1c2ccccc2Sc2ccccc21)Nc1cnn(Cc2cn3ccccc3n2)c1. The smallest absolute Gasteiger partial charge is 0.226 e. The van der Waals surface area contributed by atoms with E-state index in [2.05, 4.69) is 56.7 Å². The van der Waals surface area contributed by atoms with E-state index in [9.17, 15) is 4.79 Å². The van der Waals surface area contributed by atoms with E-state index in [1.54, 1.807) is 22.6 Å². The van der Waals surface area contributed by atoms with Crippen LogP contribution in [0.4, 0.5) is 17.1 Å². The van der Waals surface area contributed by atoms with Crippen molar-refractivity contribution in [1.82, 2.24) is 19.2 Å². The number of rotatable bonds is 6. The van der Waals surface area contributed by atoms with Crippen LogP contribution >= 0.6 is 11.8 Å². The van der Waals surface area contributed by atoms with Gasteiger partial charge in [0.2, 0.25) is 5.91 Å². The van der Waals surface area contributed by atoms with E-state index in [-0.39, 0.29) is 5.91 Å². The molecule has 34 heavy (non-hydrogen) atoms. The van der Waals surface area contributed by atoms with Gasteiger partial charge in [0, 0.05) is 41.3 Å². The molecule has 0 saturated heterocycles. The summed E-state index contributed by atoms with van der Waals surface area (Å²) in [7, 11) is 0. The zero-order valence-corrected chi connectivity index (χ0v) is 19.2. The van der Waals surface area contributed by atoms with Crippen LogP contribution < -0.4 is 10.2 Å². The number of carbonyl (C=O) groups is 1. The lowest BCUT2D eigenvalue weighted by Crippen LogP contribution is -2.25. The van der Waals surface area contributed by atoms with Crippen LogP contribution in [0.25, 0.3) is 5.65 Å². The number of nitrogens with one attached hydrogen (secondary N) is 1. The Morgan fingerprint density at radius 2 is 1.65 bits per heavy atom. The van der Waals surface area contributed by atoms with E-state index in [4.69, 9.17) is 0 Å². The van der Waals surface area contributed by atoms with Gasteiger partial charge in [0.1, 0.15) is 5.65 Å². The summed E-state index contributed by atoms with van der Waals surface area (Å²) in [6.07, 6.45) is 7.84. The molecule has 3 aromatic heterocycles. The molecule has 1 aliphatic heterocycles. The molecule has 5 aromatic rings. The van der Waals surface area contributed by atoms with Gasteiger partial charge in [-0.25, -0.2) is 4.98 Å². The molecule has 6 rings (SSSR count). The quantitative estimate of drug-likeness (QED) is 0.372. The van der Waals surface area contributed by atoms with Crippen molar-refractivity contribution in [3.63, 3.8) is 0 Å². The van der Waals surface area contributed by atoms with E-state index in [1.165, 1.54) is 9.79 Å². The van der Waals surface area contributed by atoms with Crippen molar-refractivity contribution in [3.05, 3.63) is 97.2 Å². The summed E-state index contributed by atoms with van der Waals surface area (Å²) < 4.78 is 3.77. The summed E-state index contributed by atoms with van der Waals surface area (Å²) >= 11 is 1.77. The van der Waals surface area contributed by atoms with Crippen molar-refractivity contribution < 1.29 is 4.79 Å². The fourth-order valence-electron chi connectivity index (χ4n) is 4.20. The number of benzene rings is 2. The zero-order valence-electron chi connectivity index (χ0n) is 18.3. The van der Waals surface area contributed by atoms with Gasteiger partial charge in [-0.2, -0.15) is 5.10 Å². The number of hydrogen-bond donors (Lipinski definition) is 1. The number of hydrogen-bond acceptors (Lipinski definition) is 5. The number of fused-ring (bicyclic) bond motifs is 3. The molecular formula is C26H22N6OS. The van der Waals surface area contributed by atoms with Crippen molar-refractivity contribution in [2.24, 2.45) is 0 Å². The van der Waals surface area contributed by atoms with E-state index < -0.39 is 0 Å². The predicted molar refractivity (Wildman–Crippen MR) is 134 cm³/mol. The second kappa shape index (κ2) is 8.72. The van der Waals surface area contributed by atoms with Crippen molar-refractivity contribution in [2.45, 2.75) is 22.8 Å². The Balaban J connectivity index is 1.11. The minimum Gasteiger partial charge on any atom is -0.339 e. The summed E-state index contributed by atoms with van der Waals surface area (Å²) in [4.78, 5) is 22.0. The lowest BCUT2D eigenvalue weighted by Gasteiger charge is -2.32. The first kappa shape index (κ1) is 20.6. The highest BCUT2D eigenvalue weighted by Crippen LogP contribution is 2.47. The van der Waals surface area contributed by atoms with Crippen molar-refractivity contribution in [3.8, 4) is 0 Å². The van der Waals surface area contributed by atoms with Crippen LogP contribution in [-0.4, -0.2) is 31.6 Å². The monoisotopic (exact) mass is 466 g/mol. The Morgan fingerprint density at radius 1 is 0.912 bits per heavy atom. The molecule has 1 N–H and O–H groups in total. The molecule has 0 radical (unpaired) electrons. The molecule has 0 spiro atoms. The summed E-state index contributed by atoms with van der Waals surface area (Å²) in [5.74, 6) is -0.0412. The summed E-state index contributed by atoms with van der Waals surface area (Å²) in [5.41, 5.74) is 4.77. The Labute approximate surface area is 201 Å². The number of anilines is 3. The molecule has 8 heteroatoms. The average molecular weight is 467 g/mol. The molecule has 0 bridgehead atoms. The first-order valence-electron chi connectivity index (χ1n) is 11.1. The molecule has 0 unspecified atom stereocenters. The maximum Gasteiger partial charge on any atom is 0.226 e. The Bertz CT molecular complexity index is 1410. The molecule has 0 saturated carbocycles. The summed E-state index contributed by atoms with van der Waals surface area (Å²) in [5, 5.41) is 7.37. The van der Waals surface area contributed by atoms with Crippen LogP contribution in [0.15, 0.2) is 101 Å². The lowest BCUT2D eigenvalue weighted by atomic mass is 10.2. The maximum atomic E-state index is 12.8. The number of carbonyl (C=O) groups excluding carboxylic acids is 1. The number of para-hydroxylation sites is 2. The van der Waals surface area contributed by atoms with Gasteiger partial charge >= 0.3 is 0 Å². The highest BCUT2D eigenvalue weighted by molar-refractivity contribution is 7.99. The number of amides is 1. The molecule has 0 atom stereocenters. The molecule has 0 fully saturated rings. The van der Waals surface area contributed by atoms with Crippen LogP contribution in [0.2, 0.25) is 0 Å². The van der Waals surface area contributed by atoms with Gasteiger partial charge in [-0.1, -0.05) is 42.1 Å². The van der Waals surface area contributed by atoms with E-state index >= 15 is 0 Å². The first-order chi connectivity index (χ1) is 16.7. The summed E-state index contributed by atoms with van der Waals surface area (Å²) in [6.45, 7) is 1.13. The first-order valence-corrected chi connectivity index (χ1v) is 11.9. The third-order valence-corrected chi connectivity index (χ3v) is 6.88. The second-order valence-electron chi connectivity index (χ2n) is 8.11. The van der Waals surface area contributed by atoms with Crippen molar-refractivity contribution in [2.75, 3.05) is 16.8 Å². The standard InChI is InChI=1S/C26H22N6OS/c33-26(12-14-32-21-7-1-3-9-23(21)34-24-10-4-2-8-22(24)32)29-19-15-27-31(17-19)18-20-16-30-13-6-5-11-25(30)28-20/h1-11,13,15-17H,12,14,18H2,(H,29,33). The normalized spacial score (nSPS) is 12.4. The van der Waals surface area contributed by atoms with Crippen LogP contribution in [0, 0.1) is 0 Å². The molecule has 0 aliphatic carbocycles. The van der Waals surface area contributed by atoms with Gasteiger partial charge in [-0.15, -0.1) is 0 Å². The minimum absolute atomic E-state index is 0.0412. The number of nitrogens with zero attached hydrogens (tertiary/aromatic N) is 5. The fourth-order valence-corrected chi connectivity index (χ4v) is 5.30. The molecule has 4 heterocycles. The van der Waals surface area contributed by atoms with Crippen molar-refractivity contribution in [1.29, 1.82) is 0 Å². The molecule has 168 valence electrons.